The Kier molecular flexibility index (Phi) is 4.64. The van der Waals surface area contributed by atoms with Gasteiger partial charge in [0.1, 0.15) is 0 Å². The van der Waals surface area contributed by atoms with Crippen molar-refractivity contribution in [2.75, 3.05) is 6.61 Å². The number of hydrogen-bond acceptors (Lipinski definition) is 2. The van der Waals surface area contributed by atoms with Gasteiger partial charge in [0, 0.05) is 12.1 Å². The molecule has 2 nitrogen and oxygen atoms in total. The Bertz CT molecular complexity index is 419. The topological polar surface area (TPSA) is 32.3 Å². The number of rotatable bonds is 4. The molecular weight excluding hydrogens is 234 g/mol. The van der Waals surface area contributed by atoms with E-state index in [1.807, 2.05) is 0 Å². The molecule has 0 bridgehead atoms. The first-order valence-electron chi connectivity index (χ1n) is 7.47. The maximum absolute atomic E-state index is 9.76. The number of aliphatic hydroxyl groups is 1. The lowest BCUT2D eigenvalue weighted by Crippen LogP contribution is -2.50. The van der Waals surface area contributed by atoms with E-state index in [4.69, 9.17) is 0 Å². The fourth-order valence-electron chi connectivity index (χ4n) is 3.03. The summed E-state index contributed by atoms with van der Waals surface area (Å²) in [6.07, 6.45) is 4.63. The minimum Gasteiger partial charge on any atom is -0.394 e. The summed E-state index contributed by atoms with van der Waals surface area (Å²) in [5.41, 5.74) is 3.94. The zero-order chi connectivity index (χ0) is 13.9. The zero-order valence-corrected chi connectivity index (χ0v) is 12.5. The van der Waals surface area contributed by atoms with Gasteiger partial charge in [0.05, 0.1) is 6.61 Å². The van der Waals surface area contributed by atoms with Gasteiger partial charge in [0.15, 0.2) is 0 Å². The Morgan fingerprint density at radius 1 is 1.26 bits per heavy atom. The maximum Gasteiger partial charge on any atom is 0.0613 e. The molecule has 1 aromatic rings. The third-order valence-electron chi connectivity index (χ3n) is 4.69. The summed E-state index contributed by atoms with van der Waals surface area (Å²) in [5, 5.41) is 13.4. The molecule has 1 aliphatic rings. The van der Waals surface area contributed by atoms with E-state index in [-0.39, 0.29) is 12.1 Å². The molecule has 2 heteroatoms. The Balaban J connectivity index is 2.00. The standard InChI is InChI=1S/C17H27NO/c1-13-6-8-17(12-19,9-7-13)18-11-16-5-4-14(2)10-15(16)3/h4-5,10,13,18-19H,6-9,11-12H2,1-3H3. The van der Waals surface area contributed by atoms with Crippen LogP contribution in [-0.2, 0) is 6.54 Å². The summed E-state index contributed by atoms with van der Waals surface area (Å²) < 4.78 is 0. The van der Waals surface area contributed by atoms with Crippen LogP contribution in [0.25, 0.3) is 0 Å². The van der Waals surface area contributed by atoms with Crippen LogP contribution in [0, 0.1) is 19.8 Å². The Hall–Kier alpha value is -0.860. The van der Waals surface area contributed by atoms with Crippen LogP contribution >= 0.6 is 0 Å². The first-order valence-corrected chi connectivity index (χ1v) is 7.47. The van der Waals surface area contributed by atoms with Gasteiger partial charge in [-0.25, -0.2) is 0 Å². The monoisotopic (exact) mass is 261 g/mol. The fourth-order valence-corrected chi connectivity index (χ4v) is 3.03. The van der Waals surface area contributed by atoms with E-state index in [0.29, 0.717) is 0 Å². The molecule has 0 unspecified atom stereocenters. The highest BCUT2D eigenvalue weighted by Crippen LogP contribution is 2.32. The van der Waals surface area contributed by atoms with E-state index in [0.717, 1.165) is 25.3 Å². The molecule has 106 valence electrons. The Morgan fingerprint density at radius 3 is 2.53 bits per heavy atom. The van der Waals surface area contributed by atoms with Crippen LogP contribution < -0.4 is 5.32 Å². The molecule has 0 saturated heterocycles. The summed E-state index contributed by atoms with van der Waals surface area (Å²) in [7, 11) is 0. The second kappa shape index (κ2) is 6.06. The molecule has 0 aromatic heterocycles. The molecular formula is C17H27NO. The Labute approximate surface area is 117 Å². The molecule has 0 heterocycles. The van der Waals surface area contributed by atoms with Crippen molar-refractivity contribution in [3.05, 3.63) is 34.9 Å². The first-order chi connectivity index (χ1) is 9.04. The van der Waals surface area contributed by atoms with Gasteiger partial charge >= 0.3 is 0 Å². The van der Waals surface area contributed by atoms with Crippen LogP contribution in [0.15, 0.2) is 18.2 Å². The molecule has 2 N–H and O–H groups in total. The second-order valence-corrected chi connectivity index (χ2v) is 6.40. The van der Waals surface area contributed by atoms with Gasteiger partial charge in [-0.2, -0.15) is 0 Å². The van der Waals surface area contributed by atoms with Gasteiger partial charge in [0.25, 0.3) is 0 Å². The van der Waals surface area contributed by atoms with E-state index in [1.54, 1.807) is 0 Å². The van der Waals surface area contributed by atoms with E-state index in [2.05, 4.69) is 44.3 Å². The smallest absolute Gasteiger partial charge is 0.0613 e. The molecule has 0 spiro atoms. The molecule has 1 fully saturated rings. The van der Waals surface area contributed by atoms with Crippen LogP contribution in [-0.4, -0.2) is 17.3 Å². The molecule has 0 atom stereocenters. The largest absolute Gasteiger partial charge is 0.394 e. The van der Waals surface area contributed by atoms with Gasteiger partial charge in [-0.3, -0.25) is 0 Å². The van der Waals surface area contributed by atoms with Crippen molar-refractivity contribution >= 4 is 0 Å². The number of aliphatic hydroxyl groups excluding tert-OH is 1. The van der Waals surface area contributed by atoms with Crippen molar-refractivity contribution < 1.29 is 5.11 Å². The lowest BCUT2D eigenvalue weighted by molar-refractivity contribution is 0.104. The van der Waals surface area contributed by atoms with E-state index in [9.17, 15) is 5.11 Å². The lowest BCUT2D eigenvalue weighted by Gasteiger charge is -2.39. The second-order valence-electron chi connectivity index (χ2n) is 6.40. The van der Waals surface area contributed by atoms with Crippen molar-refractivity contribution in [1.29, 1.82) is 0 Å². The number of nitrogens with one attached hydrogen (secondary N) is 1. The predicted octanol–water partition coefficient (Wildman–Crippen LogP) is 3.33. The van der Waals surface area contributed by atoms with Crippen molar-refractivity contribution in [3.8, 4) is 0 Å². The summed E-state index contributed by atoms with van der Waals surface area (Å²) in [6.45, 7) is 7.72. The SMILES string of the molecule is Cc1ccc(CNC2(CO)CCC(C)CC2)c(C)c1. The van der Waals surface area contributed by atoms with E-state index >= 15 is 0 Å². The maximum atomic E-state index is 9.76. The molecule has 19 heavy (non-hydrogen) atoms. The third-order valence-corrected chi connectivity index (χ3v) is 4.69. The van der Waals surface area contributed by atoms with E-state index < -0.39 is 0 Å². The molecule has 0 amide bonds. The highest BCUT2D eigenvalue weighted by Gasteiger charge is 2.32. The zero-order valence-electron chi connectivity index (χ0n) is 12.5. The summed E-state index contributed by atoms with van der Waals surface area (Å²) in [6, 6.07) is 6.60. The predicted molar refractivity (Wildman–Crippen MR) is 80.2 cm³/mol. The van der Waals surface area contributed by atoms with Crippen LogP contribution in [0.4, 0.5) is 0 Å². The first kappa shape index (κ1) is 14.5. The molecule has 0 aliphatic heterocycles. The normalized spacial score (nSPS) is 27.5. The summed E-state index contributed by atoms with van der Waals surface area (Å²) in [5.74, 6) is 0.808. The quantitative estimate of drug-likeness (QED) is 0.871. The number of aryl methyl sites for hydroxylation is 2. The highest BCUT2D eigenvalue weighted by molar-refractivity contribution is 5.30. The highest BCUT2D eigenvalue weighted by atomic mass is 16.3. The van der Waals surface area contributed by atoms with Gasteiger partial charge in [-0.1, -0.05) is 30.7 Å². The average Bonchev–Trinajstić information content (AvgIpc) is 2.40. The molecule has 1 saturated carbocycles. The molecule has 1 aliphatic carbocycles. The van der Waals surface area contributed by atoms with Crippen molar-refractivity contribution in [2.45, 2.75) is 58.5 Å². The minimum absolute atomic E-state index is 0.0517. The lowest BCUT2D eigenvalue weighted by atomic mass is 9.77. The number of hydrogen-bond donors (Lipinski definition) is 2. The Morgan fingerprint density at radius 2 is 1.95 bits per heavy atom. The van der Waals surface area contributed by atoms with Gasteiger partial charge in [-0.05, 0) is 56.6 Å². The van der Waals surface area contributed by atoms with Crippen molar-refractivity contribution in [2.24, 2.45) is 5.92 Å². The minimum atomic E-state index is -0.0517. The average molecular weight is 261 g/mol. The van der Waals surface area contributed by atoms with E-state index in [1.165, 1.54) is 29.5 Å². The molecule has 2 rings (SSSR count). The van der Waals surface area contributed by atoms with Gasteiger partial charge in [0.2, 0.25) is 0 Å². The van der Waals surface area contributed by atoms with Gasteiger partial charge in [-0.15, -0.1) is 0 Å². The summed E-state index contributed by atoms with van der Waals surface area (Å²) >= 11 is 0. The van der Waals surface area contributed by atoms with Gasteiger partial charge < -0.3 is 10.4 Å². The van der Waals surface area contributed by atoms with Crippen LogP contribution in [0.3, 0.4) is 0 Å². The van der Waals surface area contributed by atoms with Crippen molar-refractivity contribution in [3.63, 3.8) is 0 Å². The van der Waals surface area contributed by atoms with Crippen LogP contribution in [0.2, 0.25) is 0 Å². The number of benzene rings is 1. The fraction of sp³-hybridized carbons (Fsp3) is 0.647. The molecule has 0 radical (unpaired) electrons. The van der Waals surface area contributed by atoms with Crippen LogP contribution in [0.1, 0.15) is 49.3 Å². The van der Waals surface area contributed by atoms with Crippen LogP contribution in [0.5, 0.6) is 0 Å². The molecule has 1 aromatic carbocycles. The summed E-state index contributed by atoms with van der Waals surface area (Å²) in [4.78, 5) is 0. The van der Waals surface area contributed by atoms with Crippen molar-refractivity contribution in [1.82, 2.24) is 5.32 Å². The third kappa shape index (κ3) is 3.58.